The number of hydrogen-bond donors (Lipinski definition) is 2. The Morgan fingerprint density at radius 3 is 2.33 bits per heavy atom. The molecule has 2 aromatic rings. The molecule has 3 fully saturated rings. The number of carbonyl (C=O) groups is 1. The Morgan fingerprint density at radius 1 is 1.10 bits per heavy atom. The first-order valence-electron chi connectivity index (χ1n) is 9.60. The van der Waals surface area contributed by atoms with Gasteiger partial charge >= 0.3 is 12.3 Å². The van der Waals surface area contributed by atoms with E-state index in [4.69, 9.17) is 11.6 Å². The predicted molar refractivity (Wildman–Crippen MR) is 103 cm³/mol. The van der Waals surface area contributed by atoms with Crippen LogP contribution in [-0.4, -0.2) is 33.4 Å². The van der Waals surface area contributed by atoms with Crippen molar-refractivity contribution in [3.63, 3.8) is 0 Å². The lowest BCUT2D eigenvalue weighted by Gasteiger charge is -2.47. The summed E-state index contributed by atoms with van der Waals surface area (Å²) in [6.45, 7) is 0. The van der Waals surface area contributed by atoms with Crippen molar-refractivity contribution in [3.8, 4) is 17.0 Å². The molecule has 30 heavy (non-hydrogen) atoms. The second-order valence-electron chi connectivity index (χ2n) is 7.69. The summed E-state index contributed by atoms with van der Waals surface area (Å²) in [6, 6.07) is 6.61. The number of nitrogens with zero attached hydrogens (tertiary/aromatic N) is 2. The average Bonchev–Trinajstić information content (AvgIpc) is 2.67. The van der Waals surface area contributed by atoms with Crippen LogP contribution in [0.25, 0.3) is 11.3 Å². The van der Waals surface area contributed by atoms with E-state index in [0.717, 1.165) is 25.7 Å². The highest BCUT2D eigenvalue weighted by Gasteiger charge is 2.47. The molecule has 1 aromatic carbocycles. The molecule has 2 N–H and O–H groups in total. The highest BCUT2D eigenvalue weighted by molar-refractivity contribution is 6.28. The average molecular weight is 442 g/mol. The summed E-state index contributed by atoms with van der Waals surface area (Å²) in [7, 11) is 0. The van der Waals surface area contributed by atoms with Crippen molar-refractivity contribution in [2.24, 2.45) is 17.8 Å². The van der Waals surface area contributed by atoms with Gasteiger partial charge in [0.25, 0.3) is 0 Å². The van der Waals surface area contributed by atoms with E-state index >= 15 is 0 Å². The van der Waals surface area contributed by atoms with E-state index in [9.17, 15) is 23.1 Å². The van der Waals surface area contributed by atoms with E-state index < -0.39 is 18.2 Å². The van der Waals surface area contributed by atoms with Gasteiger partial charge in [-0.3, -0.25) is 4.79 Å². The number of aromatic nitrogens is 2. The van der Waals surface area contributed by atoms with Gasteiger partial charge in [0.2, 0.25) is 5.28 Å². The molecule has 10 heteroatoms. The molecule has 5 rings (SSSR count). The quantitative estimate of drug-likeness (QED) is 0.635. The number of hydrogen-bond acceptors (Lipinski definition) is 5. The van der Waals surface area contributed by atoms with Crippen molar-refractivity contribution < 1.29 is 27.8 Å². The van der Waals surface area contributed by atoms with E-state index in [2.05, 4.69) is 20.0 Å². The number of ether oxygens (including phenoxy) is 1. The Balaban J connectivity index is 1.57. The van der Waals surface area contributed by atoms with Crippen molar-refractivity contribution >= 4 is 23.4 Å². The maximum Gasteiger partial charge on any atom is 0.573 e. The molecule has 3 aliphatic rings. The molecule has 6 nitrogen and oxygen atoms in total. The third-order valence-corrected chi connectivity index (χ3v) is 6.07. The smallest absolute Gasteiger partial charge is 0.481 e. The largest absolute Gasteiger partial charge is 0.573 e. The lowest BCUT2D eigenvalue weighted by atomic mass is 9.61. The van der Waals surface area contributed by atoms with Crippen molar-refractivity contribution in [1.29, 1.82) is 0 Å². The van der Waals surface area contributed by atoms with Gasteiger partial charge in [0, 0.05) is 17.7 Å². The SMILES string of the molecule is O=C(O)C1C2CCC(CC2)C1Nc1cc(-c2ccc(OC(F)(F)F)cc2)nc(Cl)n1. The predicted octanol–water partition coefficient (Wildman–Crippen LogP) is 5.00. The number of carboxylic acids is 1. The summed E-state index contributed by atoms with van der Waals surface area (Å²) in [4.78, 5) is 20.2. The van der Waals surface area contributed by atoms with E-state index in [1.165, 1.54) is 24.3 Å². The van der Waals surface area contributed by atoms with Gasteiger partial charge in [0.05, 0.1) is 11.6 Å². The Hall–Kier alpha value is -2.55. The lowest BCUT2D eigenvalue weighted by Crippen LogP contribution is -2.51. The fourth-order valence-corrected chi connectivity index (χ4v) is 4.83. The third kappa shape index (κ3) is 4.45. The van der Waals surface area contributed by atoms with Gasteiger partial charge in [-0.1, -0.05) is 0 Å². The summed E-state index contributed by atoms with van der Waals surface area (Å²) in [5.74, 6) is -0.872. The van der Waals surface area contributed by atoms with Gasteiger partial charge in [-0.05, 0) is 73.4 Å². The molecular formula is C20H19ClF3N3O3. The number of rotatable bonds is 5. The first-order chi connectivity index (χ1) is 14.2. The number of fused-ring (bicyclic) bond motifs is 3. The van der Waals surface area contributed by atoms with Crippen LogP contribution in [0.15, 0.2) is 30.3 Å². The number of nitrogens with one attached hydrogen (secondary N) is 1. The molecule has 3 saturated carbocycles. The van der Waals surface area contributed by atoms with Crippen molar-refractivity contribution in [2.45, 2.75) is 38.1 Å². The number of anilines is 1. The van der Waals surface area contributed by atoms with Gasteiger partial charge in [0.1, 0.15) is 11.6 Å². The minimum atomic E-state index is -4.77. The fraction of sp³-hybridized carbons (Fsp3) is 0.450. The van der Waals surface area contributed by atoms with Crippen LogP contribution >= 0.6 is 11.6 Å². The van der Waals surface area contributed by atoms with Gasteiger partial charge in [-0.25, -0.2) is 9.97 Å². The highest BCUT2D eigenvalue weighted by atomic mass is 35.5. The van der Waals surface area contributed by atoms with Gasteiger partial charge < -0.3 is 15.2 Å². The maximum atomic E-state index is 12.3. The molecule has 0 aliphatic heterocycles. The fourth-order valence-electron chi connectivity index (χ4n) is 4.65. The second-order valence-corrected chi connectivity index (χ2v) is 8.03. The zero-order valence-electron chi connectivity index (χ0n) is 15.7. The molecular weight excluding hydrogens is 423 g/mol. The molecule has 2 unspecified atom stereocenters. The number of alkyl halides is 3. The summed E-state index contributed by atoms with van der Waals surface area (Å²) < 4.78 is 40.9. The monoisotopic (exact) mass is 441 g/mol. The van der Waals surface area contributed by atoms with E-state index in [-0.39, 0.29) is 28.9 Å². The molecule has 3 aliphatic carbocycles. The Labute approximate surface area is 175 Å². The first-order valence-corrected chi connectivity index (χ1v) is 9.97. The molecule has 0 radical (unpaired) electrons. The lowest BCUT2D eigenvalue weighted by molar-refractivity contribution is -0.274. The zero-order chi connectivity index (χ0) is 21.5. The van der Waals surface area contributed by atoms with E-state index in [1.54, 1.807) is 6.07 Å². The molecule has 0 saturated heterocycles. The third-order valence-electron chi connectivity index (χ3n) is 5.90. The van der Waals surface area contributed by atoms with Gasteiger partial charge in [-0.15, -0.1) is 13.2 Å². The molecule has 2 bridgehead atoms. The summed E-state index contributed by atoms with van der Waals surface area (Å²) in [5.41, 5.74) is 0.931. The van der Waals surface area contributed by atoms with Crippen LogP contribution in [0.1, 0.15) is 25.7 Å². The zero-order valence-corrected chi connectivity index (χ0v) is 16.5. The van der Waals surface area contributed by atoms with Crippen LogP contribution in [0.5, 0.6) is 5.75 Å². The van der Waals surface area contributed by atoms with Crippen LogP contribution in [0, 0.1) is 17.8 Å². The normalized spacial score (nSPS) is 25.7. The Morgan fingerprint density at radius 2 is 1.73 bits per heavy atom. The number of benzene rings is 1. The van der Waals surface area contributed by atoms with E-state index in [0.29, 0.717) is 17.1 Å². The number of aliphatic carboxylic acids is 1. The number of carboxylic acid groups (broad SMARTS) is 1. The second kappa shape index (κ2) is 7.94. The van der Waals surface area contributed by atoms with Crippen LogP contribution in [-0.2, 0) is 4.79 Å². The summed E-state index contributed by atoms with van der Waals surface area (Å²) in [5, 5.41) is 12.9. The minimum Gasteiger partial charge on any atom is -0.481 e. The first kappa shape index (κ1) is 20.7. The van der Waals surface area contributed by atoms with Crippen LogP contribution in [0.3, 0.4) is 0 Å². The van der Waals surface area contributed by atoms with Crippen molar-refractivity contribution in [3.05, 3.63) is 35.6 Å². The molecule has 1 heterocycles. The summed E-state index contributed by atoms with van der Waals surface area (Å²) >= 11 is 6.06. The van der Waals surface area contributed by atoms with Crippen molar-refractivity contribution in [1.82, 2.24) is 9.97 Å². The van der Waals surface area contributed by atoms with Gasteiger partial charge in [-0.2, -0.15) is 0 Å². The van der Waals surface area contributed by atoms with Crippen LogP contribution in [0.4, 0.5) is 19.0 Å². The molecule has 0 amide bonds. The number of halogens is 4. The van der Waals surface area contributed by atoms with E-state index in [1.807, 2.05) is 0 Å². The molecule has 160 valence electrons. The molecule has 2 atom stereocenters. The Bertz CT molecular complexity index is 931. The minimum absolute atomic E-state index is 0.0431. The standard InChI is InChI=1S/C20H19ClF3N3O3/c21-19-25-14(10-5-7-13(8-6-10)30-20(22,23)24)9-15(27-19)26-17-12-3-1-11(2-4-12)16(17)18(28)29/h5-9,11-12,16-17H,1-4H2,(H,28,29)(H,25,26,27). The molecule has 0 spiro atoms. The topological polar surface area (TPSA) is 84.3 Å². The van der Waals surface area contributed by atoms with Crippen molar-refractivity contribution in [2.75, 3.05) is 5.32 Å². The summed E-state index contributed by atoms with van der Waals surface area (Å²) in [6.07, 6.45) is -0.988. The van der Waals surface area contributed by atoms with Crippen LogP contribution < -0.4 is 10.1 Å². The molecule has 1 aromatic heterocycles. The Kier molecular flexibility index (Phi) is 5.48. The maximum absolute atomic E-state index is 12.3. The van der Waals surface area contributed by atoms with Gasteiger partial charge in [0.15, 0.2) is 0 Å². The highest BCUT2D eigenvalue weighted by Crippen LogP contribution is 2.46. The van der Waals surface area contributed by atoms with Crippen LogP contribution in [0.2, 0.25) is 5.28 Å².